The van der Waals surface area contributed by atoms with E-state index in [-0.39, 0.29) is 30.8 Å². The van der Waals surface area contributed by atoms with Crippen LogP contribution < -0.4 is 21.7 Å². The first kappa shape index (κ1) is 29.0. The molecule has 0 bridgehead atoms. The molecule has 1 heterocycles. The lowest BCUT2D eigenvalue weighted by Gasteiger charge is -2.24. The van der Waals surface area contributed by atoms with E-state index in [1.807, 2.05) is 24.3 Å². The fourth-order valence-corrected chi connectivity index (χ4v) is 3.85. The third-order valence-electron chi connectivity index (χ3n) is 5.35. The van der Waals surface area contributed by atoms with Crippen molar-refractivity contribution in [3.05, 3.63) is 36.0 Å². The summed E-state index contributed by atoms with van der Waals surface area (Å²) in [4.78, 5) is 63.4. The molecule has 14 heteroatoms. The van der Waals surface area contributed by atoms with Gasteiger partial charge in [0.25, 0.3) is 0 Å². The zero-order valence-electron chi connectivity index (χ0n) is 19.1. The third kappa shape index (κ3) is 8.17. The van der Waals surface area contributed by atoms with Crippen molar-refractivity contribution in [2.45, 2.75) is 43.4 Å². The number of carboxylic acid groups (broad SMARTS) is 2. The topological polar surface area (TPSA) is 204 Å². The first-order valence-corrected chi connectivity index (χ1v) is 12.2. The summed E-state index contributed by atoms with van der Waals surface area (Å²) in [6.45, 7) is 0. The number of rotatable bonds is 14. The average molecular weight is 540 g/mol. The molecule has 8 N–H and O–H groups in total. The van der Waals surface area contributed by atoms with Crippen LogP contribution in [0.15, 0.2) is 30.5 Å². The van der Waals surface area contributed by atoms with Crippen LogP contribution in [0.3, 0.4) is 0 Å². The highest BCUT2D eigenvalue weighted by Gasteiger charge is 2.30. The predicted molar refractivity (Wildman–Crippen MR) is 138 cm³/mol. The van der Waals surface area contributed by atoms with Crippen molar-refractivity contribution >= 4 is 65.8 Å². The lowest BCUT2D eigenvalue weighted by atomic mass is 10.0. The average Bonchev–Trinajstić information content (AvgIpc) is 3.25. The van der Waals surface area contributed by atoms with Gasteiger partial charge in [0.1, 0.15) is 18.1 Å². The first-order valence-electron chi connectivity index (χ1n) is 10.9. The van der Waals surface area contributed by atoms with Crippen LogP contribution in [0.1, 0.15) is 18.4 Å². The lowest BCUT2D eigenvalue weighted by Crippen LogP contribution is -2.58. The molecule has 1 aromatic heterocycles. The van der Waals surface area contributed by atoms with Gasteiger partial charge in [0.2, 0.25) is 17.7 Å². The molecule has 0 radical (unpaired) electrons. The number of aromatic nitrogens is 1. The van der Waals surface area contributed by atoms with Crippen molar-refractivity contribution in [2.24, 2.45) is 5.73 Å². The first-order chi connectivity index (χ1) is 17.1. The zero-order chi connectivity index (χ0) is 26.8. The minimum Gasteiger partial charge on any atom is -0.481 e. The van der Waals surface area contributed by atoms with Gasteiger partial charge in [-0.2, -0.15) is 25.3 Å². The Bertz CT molecular complexity index is 1110. The van der Waals surface area contributed by atoms with Crippen LogP contribution >= 0.6 is 25.3 Å². The molecule has 4 atom stereocenters. The number of H-pyrrole nitrogens is 1. The van der Waals surface area contributed by atoms with Crippen molar-refractivity contribution in [2.75, 3.05) is 11.5 Å². The fraction of sp³-hybridized carbons (Fsp3) is 0.409. The number of hydrogen-bond donors (Lipinski definition) is 9. The zero-order valence-corrected chi connectivity index (χ0v) is 20.9. The van der Waals surface area contributed by atoms with Crippen molar-refractivity contribution in [3.63, 3.8) is 0 Å². The molecular weight excluding hydrogens is 510 g/mol. The Balaban J connectivity index is 2.20. The van der Waals surface area contributed by atoms with E-state index in [0.717, 1.165) is 10.9 Å². The number of fused-ring (bicyclic) bond motifs is 1. The Morgan fingerprint density at radius 2 is 1.47 bits per heavy atom. The number of nitrogens with two attached hydrogens (primary N) is 1. The number of carbonyl (C=O) groups is 5. The highest BCUT2D eigenvalue weighted by atomic mass is 32.1. The van der Waals surface area contributed by atoms with Crippen molar-refractivity contribution < 1.29 is 34.2 Å². The number of nitrogens with one attached hydrogen (secondary N) is 4. The smallest absolute Gasteiger partial charge is 0.327 e. The number of carboxylic acids is 2. The van der Waals surface area contributed by atoms with Crippen LogP contribution in [0.5, 0.6) is 0 Å². The Labute approximate surface area is 217 Å². The van der Waals surface area contributed by atoms with E-state index >= 15 is 0 Å². The summed E-state index contributed by atoms with van der Waals surface area (Å²) in [5.41, 5.74) is 7.21. The van der Waals surface area contributed by atoms with Gasteiger partial charge in [0, 0.05) is 41.4 Å². The molecule has 0 aliphatic carbocycles. The summed E-state index contributed by atoms with van der Waals surface area (Å²) >= 11 is 8.03. The summed E-state index contributed by atoms with van der Waals surface area (Å²) in [5, 5.41) is 26.2. The Kier molecular flexibility index (Phi) is 11.1. The Morgan fingerprint density at radius 1 is 0.889 bits per heavy atom. The van der Waals surface area contributed by atoms with Gasteiger partial charge in [-0.25, -0.2) is 4.79 Å². The van der Waals surface area contributed by atoms with Crippen molar-refractivity contribution in [1.82, 2.24) is 20.9 Å². The molecule has 4 unspecified atom stereocenters. The summed E-state index contributed by atoms with van der Waals surface area (Å²) in [5.74, 6) is -4.96. The molecule has 3 amide bonds. The minimum atomic E-state index is -1.29. The molecule has 0 fully saturated rings. The van der Waals surface area contributed by atoms with Gasteiger partial charge in [-0.1, -0.05) is 18.2 Å². The van der Waals surface area contributed by atoms with Gasteiger partial charge in [0.15, 0.2) is 0 Å². The summed E-state index contributed by atoms with van der Waals surface area (Å²) in [6, 6.07) is 2.50. The predicted octanol–water partition coefficient (Wildman–Crippen LogP) is -0.699. The molecule has 0 spiro atoms. The van der Waals surface area contributed by atoms with Gasteiger partial charge >= 0.3 is 11.9 Å². The fourth-order valence-electron chi connectivity index (χ4n) is 3.34. The van der Waals surface area contributed by atoms with Crippen LogP contribution in [0.4, 0.5) is 0 Å². The second-order valence-electron chi connectivity index (χ2n) is 7.99. The quantitative estimate of drug-likeness (QED) is 0.140. The van der Waals surface area contributed by atoms with Crippen molar-refractivity contribution in [3.8, 4) is 0 Å². The maximum absolute atomic E-state index is 13.0. The number of benzene rings is 1. The molecule has 2 aromatic rings. The standard InChI is InChI=1S/C22H29N5O7S2/c23-13(5-6-18(28)29)19(30)26-16(9-35)21(32)25-15(20(31)27-17(10-36)22(33)34)7-11-8-24-14-4-2-1-3-12(11)14/h1-4,8,13,15-17,24,35-36H,5-7,9-10,23H2,(H,25,32)(H,26,30)(H,27,31)(H,28,29)(H,33,34). The second kappa shape index (κ2) is 13.8. The van der Waals surface area contributed by atoms with E-state index in [9.17, 15) is 29.1 Å². The van der Waals surface area contributed by atoms with Crippen molar-refractivity contribution in [1.29, 1.82) is 0 Å². The molecule has 0 aliphatic rings. The van der Waals surface area contributed by atoms with E-state index in [1.54, 1.807) is 6.20 Å². The SMILES string of the molecule is NC(CCC(=O)O)C(=O)NC(CS)C(=O)NC(Cc1c[nH]c2ccccc12)C(=O)NC(CS)C(=O)O. The van der Waals surface area contributed by atoms with Crippen LogP contribution in [0.25, 0.3) is 10.9 Å². The highest BCUT2D eigenvalue weighted by molar-refractivity contribution is 7.80. The van der Waals surface area contributed by atoms with E-state index in [0.29, 0.717) is 5.56 Å². The normalized spacial score (nSPS) is 14.3. The molecule has 36 heavy (non-hydrogen) atoms. The van der Waals surface area contributed by atoms with Crippen LogP contribution in [-0.2, 0) is 30.4 Å². The van der Waals surface area contributed by atoms with E-state index in [1.165, 1.54) is 0 Å². The number of thiol groups is 2. The number of para-hydroxylation sites is 1. The van der Waals surface area contributed by atoms with Crippen LogP contribution in [0.2, 0.25) is 0 Å². The largest absolute Gasteiger partial charge is 0.481 e. The monoisotopic (exact) mass is 539 g/mol. The molecule has 196 valence electrons. The summed E-state index contributed by atoms with van der Waals surface area (Å²) in [7, 11) is 0. The number of amides is 3. The van der Waals surface area contributed by atoms with Gasteiger partial charge in [-0.3, -0.25) is 19.2 Å². The van der Waals surface area contributed by atoms with E-state index < -0.39 is 53.8 Å². The van der Waals surface area contributed by atoms with Gasteiger partial charge in [0.05, 0.1) is 6.04 Å². The molecule has 2 rings (SSSR count). The van der Waals surface area contributed by atoms with Gasteiger partial charge < -0.3 is 36.9 Å². The van der Waals surface area contributed by atoms with Gasteiger partial charge in [-0.15, -0.1) is 0 Å². The maximum Gasteiger partial charge on any atom is 0.327 e. The molecule has 12 nitrogen and oxygen atoms in total. The van der Waals surface area contributed by atoms with Crippen LogP contribution in [-0.4, -0.2) is 80.5 Å². The van der Waals surface area contributed by atoms with Crippen LogP contribution in [0, 0.1) is 0 Å². The third-order valence-corrected chi connectivity index (χ3v) is 6.08. The maximum atomic E-state index is 13.0. The molecule has 0 saturated heterocycles. The Hall–Kier alpha value is -3.23. The van der Waals surface area contributed by atoms with E-state index in [2.05, 4.69) is 46.2 Å². The minimum absolute atomic E-state index is 0.0197. The Morgan fingerprint density at radius 3 is 2.08 bits per heavy atom. The molecule has 1 aromatic carbocycles. The molecule has 0 aliphatic heterocycles. The number of hydrogen-bond acceptors (Lipinski definition) is 8. The molecule has 0 saturated carbocycles. The summed E-state index contributed by atoms with van der Waals surface area (Å²) < 4.78 is 0. The summed E-state index contributed by atoms with van der Waals surface area (Å²) in [6.07, 6.45) is 1.25. The number of carbonyl (C=O) groups excluding carboxylic acids is 3. The highest BCUT2D eigenvalue weighted by Crippen LogP contribution is 2.19. The second-order valence-corrected chi connectivity index (χ2v) is 8.72. The number of aromatic amines is 1. The number of aliphatic carboxylic acids is 2. The van der Waals surface area contributed by atoms with Gasteiger partial charge in [-0.05, 0) is 18.1 Å². The molecular formula is C22H29N5O7S2. The van der Waals surface area contributed by atoms with E-state index in [4.69, 9.17) is 10.8 Å². The lowest BCUT2D eigenvalue weighted by molar-refractivity contribution is -0.141.